The first kappa shape index (κ1) is 19.7. The summed E-state index contributed by atoms with van der Waals surface area (Å²) in [6.45, 7) is 8.63. The molecule has 0 aromatic heterocycles. The average Bonchev–Trinajstić information content (AvgIpc) is 2.62. The molecule has 4 heteroatoms. The van der Waals surface area contributed by atoms with E-state index in [9.17, 15) is 0 Å². The van der Waals surface area contributed by atoms with E-state index in [1.807, 2.05) is 0 Å². The summed E-state index contributed by atoms with van der Waals surface area (Å²) < 4.78 is 3.12. The van der Waals surface area contributed by atoms with Crippen LogP contribution in [0.1, 0.15) is 37.8 Å². The maximum atomic E-state index is 3.54. The molecular formula is C20H28N2Se2. The Morgan fingerprint density at radius 3 is 1.50 bits per heavy atom. The number of rotatable bonds is 11. The molecule has 130 valence electrons. The van der Waals surface area contributed by atoms with Gasteiger partial charge in [0.2, 0.25) is 0 Å². The molecule has 0 unspecified atom stereocenters. The summed E-state index contributed by atoms with van der Waals surface area (Å²) in [6.07, 6.45) is 2.38. The van der Waals surface area contributed by atoms with Crippen molar-refractivity contribution in [2.45, 2.75) is 39.8 Å². The van der Waals surface area contributed by atoms with Gasteiger partial charge in [-0.15, -0.1) is 0 Å². The van der Waals surface area contributed by atoms with E-state index in [0.29, 0.717) is 26.3 Å². The zero-order chi connectivity index (χ0) is 17.0. The van der Waals surface area contributed by atoms with Gasteiger partial charge in [0.05, 0.1) is 0 Å². The van der Waals surface area contributed by atoms with Gasteiger partial charge < -0.3 is 0 Å². The van der Waals surface area contributed by atoms with Gasteiger partial charge in [-0.2, -0.15) is 0 Å². The zero-order valence-electron chi connectivity index (χ0n) is 14.7. The van der Waals surface area contributed by atoms with Crippen molar-refractivity contribution in [1.82, 2.24) is 10.6 Å². The van der Waals surface area contributed by atoms with Gasteiger partial charge in [-0.25, -0.2) is 0 Å². The molecule has 2 nitrogen and oxygen atoms in total. The van der Waals surface area contributed by atoms with Crippen molar-refractivity contribution in [2.24, 2.45) is 0 Å². The maximum absolute atomic E-state index is 3.54. The molecule has 2 aromatic rings. The van der Waals surface area contributed by atoms with Crippen molar-refractivity contribution < 1.29 is 0 Å². The molecule has 2 N–H and O–H groups in total. The van der Waals surface area contributed by atoms with Crippen LogP contribution in [0.3, 0.4) is 0 Å². The average molecular weight is 454 g/mol. The fraction of sp³-hybridized carbons (Fsp3) is 0.400. The molecule has 0 aliphatic heterocycles. The van der Waals surface area contributed by atoms with Gasteiger partial charge in [0, 0.05) is 0 Å². The van der Waals surface area contributed by atoms with Crippen molar-refractivity contribution in [2.75, 3.05) is 13.1 Å². The first-order valence-electron chi connectivity index (χ1n) is 8.77. The third-order valence-corrected chi connectivity index (χ3v) is 11.1. The second kappa shape index (κ2) is 11.9. The van der Waals surface area contributed by atoms with Crippen molar-refractivity contribution in [3.63, 3.8) is 0 Å². The third kappa shape index (κ3) is 6.72. The Labute approximate surface area is 158 Å². The van der Waals surface area contributed by atoms with Gasteiger partial charge in [0.1, 0.15) is 0 Å². The molecule has 0 amide bonds. The van der Waals surface area contributed by atoms with E-state index < -0.39 is 0 Å². The van der Waals surface area contributed by atoms with E-state index >= 15 is 0 Å². The summed E-state index contributed by atoms with van der Waals surface area (Å²) in [5, 5.41) is 7.09. The van der Waals surface area contributed by atoms with E-state index in [-0.39, 0.29) is 0 Å². The second-order valence-corrected chi connectivity index (χ2v) is 11.9. The van der Waals surface area contributed by atoms with Crippen LogP contribution in [0.4, 0.5) is 0 Å². The minimum atomic E-state index is 0.540. The molecule has 0 heterocycles. The van der Waals surface area contributed by atoms with Crippen LogP contribution in [0.25, 0.3) is 0 Å². The number of benzene rings is 2. The van der Waals surface area contributed by atoms with Gasteiger partial charge in [-0.05, 0) is 0 Å². The molecule has 2 aromatic carbocycles. The molecule has 0 atom stereocenters. The Morgan fingerprint density at radius 2 is 1.08 bits per heavy atom. The van der Waals surface area contributed by atoms with E-state index in [1.165, 1.54) is 24.0 Å². The van der Waals surface area contributed by atoms with Crippen molar-refractivity contribution >= 4 is 35.2 Å². The molecule has 0 aliphatic rings. The van der Waals surface area contributed by atoms with Gasteiger partial charge in [-0.1, -0.05) is 0 Å². The molecule has 0 fully saturated rings. The molecule has 0 bridgehead atoms. The molecule has 0 spiro atoms. The first-order chi connectivity index (χ1) is 11.8. The van der Waals surface area contributed by atoms with Crippen LogP contribution in [-0.2, 0) is 13.1 Å². The molecule has 0 saturated carbocycles. The van der Waals surface area contributed by atoms with Crippen molar-refractivity contribution in [3.8, 4) is 0 Å². The van der Waals surface area contributed by atoms with Crippen LogP contribution in [0.2, 0.25) is 0 Å². The third-order valence-electron chi connectivity index (χ3n) is 3.65. The van der Waals surface area contributed by atoms with E-state index in [0.717, 1.165) is 26.2 Å². The molecule has 0 saturated heterocycles. The number of hydrogen-bond acceptors (Lipinski definition) is 2. The van der Waals surface area contributed by atoms with Crippen molar-refractivity contribution in [3.05, 3.63) is 59.7 Å². The Bertz CT molecular complexity index is 548. The fourth-order valence-corrected chi connectivity index (χ4v) is 9.83. The quantitative estimate of drug-likeness (QED) is 0.401. The molecule has 24 heavy (non-hydrogen) atoms. The van der Waals surface area contributed by atoms with Gasteiger partial charge >= 0.3 is 158 Å². The van der Waals surface area contributed by atoms with Gasteiger partial charge in [0.15, 0.2) is 0 Å². The summed E-state index contributed by atoms with van der Waals surface area (Å²) in [4.78, 5) is 0. The Hall–Kier alpha value is -0.601. The van der Waals surface area contributed by atoms with Crippen LogP contribution in [0.5, 0.6) is 0 Å². The topological polar surface area (TPSA) is 24.1 Å². The molecule has 0 radical (unpaired) electrons. The SMILES string of the molecule is CCCNCc1ccccc1[Se][Se]c1ccccc1CNCCC. The zero-order valence-corrected chi connectivity index (χ0v) is 18.1. The van der Waals surface area contributed by atoms with Crippen LogP contribution in [0.15, 0.2) is 48.5 Å². The molecule has 2 rings (SSSR count). The first-order valence-corrected chi connectivity index (χ1v) is 14.8. The Morgan fingerprint density at radius 1 is 0.667 bits per heavy atom. The molecule has 0 aliphatic carbocycles. The Kier molecular flexibility index (Phi) is 9.75. The standard InChI is InChI=1S/C20H28N2Se2/c1-3-13-21-15-17-9-5-7-11-19(17)23-24-20-12-8-6-10-18(20)16-22-14-4-2/h5-12,21-22H,3-4,13-16H2,1-2H3. The normalized spacial score (nSPS) is 10.9. The predicted octanol–water partition coefficient (Wildman–Crippen LogP) is 1.96. The minimum absolute atomic E-state index is 0.540. The predicted molar refractivity (Wildman–Crippen MR) is 108 cm³/mol. The van der Waals surface area contributed by atoms with Crippen molar-refractivity contribution in [1.29, 1.82) is 0 Å². The second-order valence-electron chi connectivity index (χ2n) is 5.74. The fourth-order valence-electron chi connectivity index (χ4n) is 2.35. The number of hydrogen-bond donors (Lipinski definition) is 2. The Balaban J connectivity index is 1.98. The summed E-state index contributed by atoms with van der Waals surface area (Å²) in [7, 11) is 0. The number of nitrogens with one attached hydrogen (secondary N) is 2. The summed E-state index contributed by atoms with van der Waals surface area (Å²) in [6, 6.07) is 17.9. The van der Waals surface area contributed by atoms with Crippen LogP contribution in [-0.4, -0.2) is 39.4 Å². The van der Waals surface area contributed by atoms with Gasteiger partial charge in [0.25, 0.3) is 0 Å². The van der Waals surface area contributed by atoms with E-state index in [2.05, 4.69) is 73.0 Å². The van der Waals surface area contributed by atoms with Gasteiger partial charge in [-0.3, -0.25) is 0 Å². The summed E-state index contributed by atoms with van der Waals surface area (Å²) in [5.74, 6) is 0. The summed E-state index contributed by atoms with van der Waals surface area (Å²) in [5.41, 5.74) is 2.96. The van der Waals surface area contributed by atoms with E-state index in [4.69, 9.17) is 0 Å². The van der Waals surface area contributed by atoms with Crippen LogP contribution >= 0.6 is 0 Å². The summed E-state index contributed by atoms with van der Waals surface area (Å²) >= 11 is 1.08. The monoisotopic (exact) mass is 456 g/mol. The molecular weight excluding hydrogens is 426 g/mol. The van der Waals surface area contributed by atoms with Crippen LogP contribution in [0, 0.1) is 0 Å². The van der Waals surface area contributed by atoms with E-state index in [1.54, 1.807) is 8.92 Å². The van der Waals surface area contributed by atoms with Crippen LogP contribution < -0.4 is 19.6 Å².